The average Bonchev–Trinajstić information content (AvgIpc) is 3.02. The molecule has 134 valence electrons. The van der Waals surface area contributed by atoms with E-state index in [0.717, 1.165) is 5.56 Å². The smallest absolute Gasteiger partial charge is 0.320 e. The molecule has 8 nitrogen and oxygen atoms in total. The standard InChI is InChI=1S/C18H20N6O2/c1-11(2)20-17(25)13-6-4-5-12(9-13)14-7-8-16-21-15(10-24(16)23-14)22-18(26)19-3/h4-11H,1-3H3,(H,20,25)(H2,19,22,26). The summed E-state index contributed by atoms with van der Waals surface area (Å²) >= 11 is 0. The SMILES string of the molecule is CNC(=O)Nc1cn2nc(-c3cccc(C(=O)NC(C)C)c3)ccc2n1. The van der Waals surface area contributed by atoms with Crippen LogP contribution in [0.5, 0.6) is 0 Å². The zero-order chi connectivity index (χ0) is 18.7. The monoisotopic (exact) mass is 352 g/mol. The van der Waals surface area contributed by atoms with E-state index in [4.69, 9.17) is 0 Å². The molecule has 0 saturated carbocycles. The molecule has 0 saturated heterocycles. The lowest BCUT2D eigenvalue weighted by Gasteiger charge is -2.09. The minimum atomic E-state index is -0.350. The van der Waals surface area contributed by atoms with Gasteiger partial charge in [0.25, 0.3) is 5.91 Å². The maximum Gasteiger partial charge on any atom is 0.320 e. The Kier molecular flexibility index (Phi) is 4.83. The highest BCUT2D eigenvalue weighted by Gasteiger charge is 2.10. The molecule has 0 radical (unpaired) electrons. The fourth-order valence-corrected chi connectivity index (χ4v) is 2.44. The number of hydrogen-bond donors (Lipinski definition) is 3. The van der Waals surface area contributed by atoms with Gasteiger partial charge in [0, 0.05) is 24.2 Å². The van der Waals surface area contributed by atoms with Crippen molar-refractivity contribution in [2.75, 3.05) is 12.4 Å². The van der Waals surface area contributed by atoms with E-state index in [2.05, 4.69) is 26.0 Å². The minimum Gasteiger partial charge on any atom is -0.350 e. The normalized spacial score (nSPS) is 10.8. The van der Waals surface area contributed by atoms with Gasteiger partial charge in [0.1, 0.15) is 0 Å². The summed E-state index contributed by atoms with van der Waals surface area (Å²) in [5, 5.41) is 12.5. The van der Waals surface area contributed by atoms with E-state index in [-0.39, 0.29) is 18.0 Å². The zero-order valence-electron chi connectivity index (χ0n) is 14.8. The highest BCUT2D eigenvalue weighted by molar-refractivity contribution is 5.95. The molecule has 3 amide bonds. The molecule has 0 fully saturated rings. The van der Waals surface area contributed by atoms with Gasteiger partial charge in [-0.15, -0.1) is 0 Å². The lowest BCUT2D eigenvalue weighted by atomic mass is 10.1. The second-order valence-corrected chi connectivity index (χ2v) is 6.06. The number of aromatic nitrogens is 3. The van der Waals surface area contributed by atoms with Gasteiger partial charge in [0.15, 0.2) is 11.5 Å². The number of urea groups is 1. The summed E-state index contributed by atoms with van der Waals surface area (Å²) in [7, 11) is 1.53. The number of amides is 3. The van der Waals surface area contributed by atoms with Gasteiger partial charge in [-0.3, -0.25) is 10.1 Å². The van der Waals surface area contributed by atoms with Crippen LogP contribution in [-0.4, -0.2) is 39.6 Å². The first kappa shape index (κ1) is 17.4. The molecular formula is C18H20N6O2. The Morgan fingerprint density at radius 1 is 1.15 bits per heavy atom. The Bertz CT molecular complexity index is 963. The van der Waals surface area contributed by atoms with Crippen molar-refractivity contribution in [3.05, 3.63) is 48.2 Å². The van der Waals surface area contributed by atoms with Crippen LogP contribution >= 0.6 is 0 Å². The molecule has 0 atom stereocenters. The summed E-state index contributed by atoms with van der Waals surface area (Å²) in [5.41, 5.74) is 2.69. The van der Waals surface area contributed by atoms with Crippen molar-refractivity contribution >= 4 is 23.4 Å². The molecule has 8 heteroatoms. The Hall–Kier alpha value is -3.42. The van der Waals surface area contributed by atoms with Gasteiger partial charge >= 0.3 is 6.03 Å². The Labute approximate surface area is 150 Å². The summed E-state index contributed by atoms with van der Waals surface area (Å²) in [6.07, 6.45) is 1.63. The van der Waals surface area contributed by atoms with Crippen molar-refractivity contribution in [1.29, 1.82) is 0 Å². The van der Waals surface area contributed by atoms with Gasteiger partial charge in [-0.1, -0.05) is 12.1 Å². The maximum absolute atomic E-state index is 12.2. The van der Waals surface area contributed by atoms with Crippen molar-refractivity contribution in [2.24, 2.45) is 0 Å². The summed E-state index contributed by atoms with van der Waals surface area (Å²) in [6, 6.07) is 10.6. The van der Waals surface area contributed by atoms with E-state index in [1.54, 1.807) is 28.9 Å². The lowest BCUT2D eigenvalue weighted by Crippen LogP contribution is -2.30. The van der Waals surface area contributed by atoms with Crippen molar-refractivity contribution < 1.29 is 9.59 Å². The topological polar surface area (TPSA) is 100 Å². The summed E-state index contributed by atoms with van der Waals surface area (Å²) in [4.78, 5) is 27.9. The van der Waals surface area contributed by atoms with Gasteiger partial charge < -0.3 is 10.6 Å². The lowest BCUT2D eigenvalue weighted by molar-refractivity contribution is 0.0943. The highest BCUT2D eigenvalue weighted by Crippen LogP contribution is 2.20. The second-order valence-electron chi connectivity index (χ2n) is 6.06. The van der Waals surface area contributed by atoms with Gasteiger partial charge in [0.05, 0.1) is 11.9 Å². The van der Waals surface area contributed by atoms with Gasteiger partial charge in [-0.05, 0) is 38.1 Å². The number of imidazole rings is 1. The Morgan fingerprint density at radius 3 is 2.69 bits per heavy atom. The summed E-state index contributed by atoms with van der Waals surface area (Å²) in [6.45, 7) is 3.83. The molecule has 1 aromatic carbocycles. The number of carbonyl (C=O) groups excluding carboxylic acids is 2. The van der Waals surface area contributed by atoms with Crippen LogP contribution in [0.25, 0.3) is 16.9 Å². The number of hydrogen-bond acceptors (Lipinski definition) is 4. The first-order valence-electron chi connectivity index (χ1n) is 8.22. The number of fused-ring (bicyclic) bond motifs is 1. The van der Waals surface area contributed by atoms with Crippen LogP contribution in [0.3, 0.4) is 0 Å². The number of rotatable bonds is 4. The van der Waals surface area contributed by atoms with Crippen LogP contribution in [0.1, 0.15) is 24.2 Å². The predicted octanol–water partition coefficient (Wildman–Crippen LogP) is 2.29. The quantitative estimate of drug-likeness (QED) is 0.670. The molecule has 3 rings (SSSR count). The van der Waals surface area contributed by atoms with Gasteiger partial charge in [0.2, 0.25) is 0 Å². The van der Waals surface area contributed by atoms with Crippen LogP contribution in [0.4, 0.5) is 10.6 Å². The summed E-state index contributed by atoms with van der Waals surface area (Å²) in [5.74, 6) is 0.279. The fourth-order valence-electron chi connectivity index (χ4n) is 2.44. The highest BCUT2D eigenvalue weighted by atomic mass is 16.2. The molecule has 3 aromatic rings. The number of carbonyl (C=O) groups is 2. The van der Waals surface area contributed by atoms with E-state index >= 15 is 0 Å². The first-order chi connectivity index (χ1) is 12.5. The number of nitrogens with zero attached hydrogens (tertiary/aromatic N) is 3. The fraction of sp³-hybridized carbons (Fsp3) is 0.222. The predicted molar refractivity (Wildman–Crippen MR) is 99.1 cm³/mol. The van der Waals surface area contributed by atoms with Crippen molar-refractivity contribution in [3.8, 4) is 11.3 Å². The average molecular weight is 352 g/mol. The van der Waals surface area contributed by atoms with E-state index in [0.29, 0.717) is 22.7 Å². The van der Waals surface area contributed by atoms with E-state index in [1.807, 2.05) is 32.0 Å². The molecular weight excluding hydrogens is 332 g/mol. The van der Waals surface area contributed by atoms with Crippen molar-refractivity contribution in [3.63, 3.8) is 0 Å². The van der Waals surface area contributed by atoms with Crippen LogP contribution in [-0.2, 0) is 0 Å². The molecule has 0 aliphatic rings. The van der Waals surface area contributed by atoms with Gasteiger partial charge in [-0.2, -0.15) is 5.10 Å². The van der Waals surface area contributed by atoms with E-state index in [9.17, 15) is 9.59 Å². The third kappa shape index (κ3) is 3.80. The minimum absolute atomic E-state index is 0.0674. The molecule has 2 aromatic heterocycles. The second kappa shape index (κ2) is 7.22. The van der Waals surface area contributed by atoms with E-state index in [1.165, 1.54) is 7.05 Å². The molecule has 2 heterocycles. The Morgan fingerprint density at radius 2 is 1.96 bits per heavy atom. The van der Waals surface area contributed by atoms with Crippen molar-refractivity contribution in [2.45, 2.75) is 19.9 Å². The molecule has 0 aliphatic heterocycles. The van der Waals surface area contributed by atoms with Crippen molar-refractivity contribution in [1.82, 2.24) is 25.2 Å². The summed E-state index contributed by atoms with van der Waals surface area (Å²) < 4.78 is 1.58. The van der Waals surface area contributed by atoms with Crippen LogP contribution in [0.15, 0.2) is 42.6 Å². The zero-order valence-corrected chi connectivity index (χ0v) is 14.8. The largest absolute Gasteiger partial charge is 0.350 e. The molecule has 26 heavy (non-hydrogen) atoms. The van der Waals surface area contributed by atoms with Crippen LogP contribution < -0.4 is 16.0 Å². The van der Waals surface area contributed by atoms with Gasteiger partial charge in [-0.25, -0.2) is 14.3 Å². The molecule has 0 bridgehead atoms. The number of anilines is 1. The molecule has 3 N–H and O–H groups in total. The third-order valence-corrected chi connectivity index (χ3v) is 3.63. The third-order valence-electron chi connectivity index (χ3n) is 3.63. The number of benzene rings is 1. The number of nitrogens with one attached hydrogen (secondary N) is 3. The van der Waals surface area contributed by atoms with Crippen LogP contribution in [0, 0.1) is 0 Å². The Balaban J connectivity index is 1.90. The van der Waals surface area contributed by atoms with Crippen LogP contribution in [0.2, 0.25) is 0 Å². The maximum atomic E-state index is 12.2. The molecule has 0 spiro atoms. The molecule has 0 unspecified atom stereocenters. The molecule has 0 aliphatic carbocycles. The van der Waals surface area contributed by atoms with E-state index < -0.39 is 0 Å². The first-order valence-corrected chi connectivity index (χ1v) is 8.22.